The van der Waals surface area contributed by atoms with Gasteiger partial charge in [-0.15, -0.1) is 0 Å². The number of nitrogens with one attached hydrogen (secondary N) is 1. The van der Waals surface area contributed by atoms with Gasteiger partial charge in [0.05, 0.1) is 10.9 Å². The number of hydrogen-bond donors (Lipinski definition) is 2. The summed E-state index contributed by atoms with van der Waals surface area (Å²) in [6, 6.07) is -0.377. The van der Waals surface area contributed by atoms with Crippen LogP contribution in [0.15, 0.2) is 0 Å². The minimum Gasteiger partial charge on any atom is -0.393 e. The number of thiocarbonyl (C=S) groups is 1. The molecule has 0 bridgehead atoms. The Bertz CT molecular complexity index is 333. The van der Waals surface area contributed by atoms with Crippen molar-refractivity contribution in [1.29, 1.82) is 0 Å². The Kier molecular flexibility index (Phi) is 4.86. The number of likely N-dealkylation sites (tertiary alicyclic amines) is 1. The van der Waals surface area contributed by atoms with Crippen molar-refractivity contribution in [2.24, 2.45) is 11.7 Å². The number of nitrogens with zero attached hydrogens (tertiary/aromatic N) is 1. The number of nitrogens with two attached hydrogens (primary N) is 1. The predicted molar refractivity (Wildman–Crippen MR) is 69.4 cm³/mol. The lowest BCUT2D eigenvalue weighted by Crippen LogP contribution is -2.53. The van der Waals surface area contributed by atoms with E-state index in [1.54, 1.807) is 18.9 Å². The van der Waals surface area contributed by atoms with Crippen molar-refractivity contribution in [3.63, 3.8) is 0 Å². The molecule has 0 saturated carbocycles. The third-order valence-corrected chi connectivity index (χ3v) is 3.49. The van der Waals surface area contributed by atoms with Gasteiger partial charge in [0.15, 0.2) is 0 Å². The molecular formula is C11H19N3O2S. The summed E-state index contributed by atoms with van der Waals surface area (Å²) in [7, 11) is 1.58. The van der Waals surface area contributed by atoms with Gasteiger partial charge in [0.2, 0.25) is 11.8 Å². The lowest BCUT2D eigenvalue weighted by molar-refractivity contribution is -0.143. The number of likely N-dealkylation sites (N-methyl/N-ethyl adjacent to an activating group) is 1. The maximum atomic E-state index is 12.1. The Morgan fingerprint density at radius 2 is 2.12 bits per heavy atom. The molecule has 2 atom stereocenters. The fraction of sp³-hybridized carbons (Fsp3) is 0.727. The van der Waals surface area contributed by atoms with Crippen molar-refractivity contribution in [2.75, 3.05) is 13.6 Å². The molecule has 0 spiro atoms. The van der Waals surface area contributed by atoms with Crippen molar-refractivity contribution in [1.82, 2.24) is 10.2 Å². The molecule has 17 heavy (non-hydrogen) atoms. The van der Waals surface area contributed by atoms with Crippen LogP contribution in [0.25, 0.3) is 0 Å². The summed E-state index contributed by atoms with van der Waals surface area (Å²) in [5.41, 5.74) is 5.48. The monoisotopic (exact) mass is 257 g/mol. The summed E-state index contributed by atoms with van der Waals surface area (Å²) in [5.74, 6) is -0.769. The zero-order chi connectivity index (χ0) is 13.0. The molecule has 0 aromatic rings. The Labute approximate surface area is 107 Å². The highest BCUT2D eigenvalue weighted by Crippen LogP contribution is 2.19. The van der Waals surface area contributed by atoms with E-state index < -0.39 is 5.92 Å². The molecule has 1 heterocycles. The van der Waals surface area contributed by atoms with Crippen molar-refractivity contribution < 1.29 is 9.59 Å². The second-order valence-corrected chi connectivity index (χ2v) is 4.75. The molecule has 0 aromatic carbocycles. The van der Waals surface area contributed by atoms with Crippen molar-refractivity contribution in [2.45, 2.75) is 32.2 Å². The first-order valence-electron chi connectivity index (χ1n) is 5.80. The number of amides is 2. The molecule has 96 valence electrons. The van der Waals surface area contributed by atoms with Crippen molar-refractivity contribution in [3.8, 4) is 0 Å². The van der Waals surface area contributed by atoms with Crippen LogP contribution in [0.4, 0.5) is 0 Å². The number of carbonyl (C=O) groups excluding carboxylic acids is 2. The van der Waals surface area contributed by atoms with Gasteiger partial charge in [0.1, 0.15) is 6.04 Å². The van der Waals surface area contributed by atoms with Crippen LogP contribution in [0.5, 0.6) is 0 Å². The fourth-order valence-corrected chi connectivity index (χ4v) is 2.11. The van der Waals surface area contributed by atoms with Gasteiger partial charge in [0.25, 0.3) is 0 Å². The van der Waals surface area contributed by atoms with Gasteiger partial charge >= 0.3 is 0 Å². The number of carbonyl (C=O) groups is 2. The molecule has 0 aromatic heterocycles. The van der Waals surface area contributed by atoms with Gasteiger partial charge in [-0.3, -0.25) is 9.59 Å². The zero-order valence-electron chi connectivity index (χ0n) is 10.2. The molecule has 2 unspecified atom stereocenters. The average Bonchev–Trinajstić information content (AvgIpc) is 2.35. The summed E-state index contributed by atoms with van der Waals surface area (Å²) in [4.78, 5) is 25.6. The van der Waals surface area contributed by atoms with E-state index in [0.717, 1.165) is 12.8 Å². The molecule has 1 saturated heterocycles. The van der Waals surface area contributed by atoms with E-state index >= 15 is 0 Å². The summed E-state index contributed by atoms with van der Waals surface area (Å²) in [5, 5.41) is 2.59. The largest absolute Gasteiger partial charge is 0.393 e. The minimum absolute atomic E-state index is 0.117. The molecule has 0 aliphatic carbocycles. The first-order chi connectivity index (χ1) is 7.99. The minimum atomic E-state index is -0.504. The molecule has 1 fully saturated rings. The average molecular weight is 257 g/mol. The molecule has 0 radical (unpaired) electrons. The Morgan fingerprint density at radius 3 is 2.65 bits per heavy atom. The fourth-order valence-electron chi connectivity index (χ4n) is 2.00. The lowest BCUT2D eigenvalue weighted by atomic mass is 9.99. The summed E-state index contributed by atoms with van der Waals surface area (Å²) in [6.45, 7) is 2.28. The van der Waals surface area contributed by atoms with Gasteiger partial charge in [-0.05, 0) is 26.2 Å². The standard InChI is InChI=1S/C11H19N3O2S/c1-7(9(12)17)11(16)14-6-4-3-5-8(14)10(15)13-2/h7-8H,3-6H2,1-2H3,(H2,12,17)(H,13,15). The number of hydrogen-bond acceptors (Lipinski definition) is 3. The van der Waals surface area contributed by atoms with E-state index in [1.807, 2.05) is 0 Å². The Balaban J connectivity index is 2.81. The van der Waals surface area contributed by atoms with Crippen molar-refractivity contribution >= 4 is 29.0 Å². The molecule has 6 heteroatoms. The van der Waals surface area contributed by atoms with Gasteiger partial charge < -0.3 is 16.0 Å². The number of piperidine rings is 1. The molecule has 1 aliphatic heterocycles. The van der Waals surface area contributed by atoms with Gasteiger partial charge in [-0.25, -0.2) is 0 Å². The second-order valence-electron chi connectivity index (χ2n) is 4.28. The predicted octanol–water partition coefficient (Wildman–Crippen LogP) is 0.0357. The zero-order valence-corrected chi connectivity index (χ0v) is 11.0. The topological polar surface area (TPSA) is 75.4 Å². The molecule has 1 rings (SSSR count). The van der Waals surface area contributed by atoms with E-state index in [4.69, 9.17) is 18.0 Å². The van der Waals surface area contributed by atoms with Crippen LogP contribution in [0.3, 0.4) is 0 Å². The van der Waals surface area contributed by atoms with E-state index in [9.17, 15) is 9.59 Å². The maximum absolute atomic E-state index is 12.1. The van der Waals surface area contributed by atoms with Crippen LogP contribution in [-0.4, -0.2) is 41.3 Å². The SMILES string of the molecule is CNC(=O)C1CCCCN1C(=O)C(C)C(N)=S. The maximum Gasteiger partial charge on any atom is 0.242 e. The van der Waals surface area contributed by atoms with Gasteiger partial charge in [0, 0.05) is 13.6 Å². The molecule has 5 nitrogen and oxygen atoms in total. The van der Waals surface area contributed by atoms with Crippen LogP contribution in [0.2, 0.25) is 0 Å². The van der Waals surface area contributed by atoms with E-state index in [2.05, 4.69) is 5.32 Å². The quantitative estimate of drug-likeness (QED) is 0.700. The van der Waals surface area contributed by atoms with Crippen LogP contribution in [-0.2, 0) is 9.59 Å². The molecule has 3 N–H and O–H groups in total. The van der Waals surface area contributed by atoms with Crippen LogP contribution in [0.1, 0.15) is 26.2 Å². The summed E-state index contributed by atoms with van der Waals surface area (Å²) >= 11 is 4.83. The smallest absolute Gasteiger partial charge is 0.242 e. The Morgan fingerprint density at radius 1 is 1.47 bits per heavy atom. The number of rotatable bonds is 3. The normalized spacial score (nSPS) is 21.8. The highest BCUT2D eigenvalue weighted by molar-refractivity contribution is 7.80. The van der Waals surface area contributed by atoms with Gasteiger partial charge in [-0.2, -0.15) is 0 Å². The van der Waals surface area contributed by atoms with Crippen LogP contribution < -0.4 is 11.1 Å². The lowest BCUT2D eigenvalue weighted by Gasteiger charge is -2.35. The Hall–Kier alpha value is -1.17. The van der Waals surface area contributed by atoms with E-state index in [0.29, 0.717) is 13.0 Å². The molecule has 2 amide bonds. The van der Waals surface area contributed by atoms with E-state index in [1.165, 1.54) is 0 Å². The first-order valence-corrected chi connectivity index (χ1v) is 6.21. The third-order valence-electron chi connectivity index (χ3n) is 3.13. The summed E-state index contributed by atoms with van der Waals surface area (Å²) in [6.07, 6.45) is 2.59. The highest BCUT2D eigenvalue weighted by atomic mass is 32.1. The van der Waals surface area contributed by atoms with E-state index in [-0.39, 0.29) is 22.8 Å². The van der Waals surface area contributed by atoms with Crippen LogP contribution in [0, 0.1) is 5.92 Å². The van der Waals surface area contributed by atoms with Crippen molar-refractivity contribution in [3.05, 3.63) is 0 Å². The summed E-state index contributed by atoms with van der Waals surface area (Å²) < 4.78 is 0. The second kappa shape index (κ2) is 5.95. The molecule has 1 aliphatic rings. The van der Waals surface area contributed by atoms with Gasteiger partial charge in [-0.1, -0.05) is 12.2 Å². The first kappa shape index (κ1) is 13.9. The highest BCUT2D eigenvalue weighted by Gasteiger charge is 2.34. The third kappa shape index (κ3) is 3.15. The van der Waals surface area contributed by atoms with Crippen LogP contribution >= 0.6 is 12.2 Å². The molecular weight excluding hydrogens is 238 g/mol.